The van der Waals surface area contributed by atoms with Crippen LogP contribution in [0.1, 0.15) is 11.1 Å². The predicted octanol–water partition coefficient (Wildman–Crippen LogP) is 3.71. The minimum atomic E-state index is -3.95. The van der Waals surface area contributed by atoms with Crippen LogP contribution in [-0.2, 0) is 16.6 Å². The van der Waals surface area contributed by atoms with Gasteiger partial charge >= 0.3 is 0 Å². The van der Waals surface area contributed by atoms with Gasteiger partial charge in [0.1, 0.15) is 11.6 Å². The van der Waals surface area contributed by atoms with Crippen molar-refractivity contribution in [1.29, 1.82) is 0 Å². The number of nitro groups is 1. The average molecular weight is 417 g/mol. The first kappa shape index (κ1) is 20.4. The topological polar surface area (TPSA) is 111 Å². The van der Waals surface area contributed by atoms with Gasteiger partial charge in [0, 0.05) is 36.5 Å². The highest BCUT2D eigenvalue weighted by molar-refractivity contribution is 7.89. The molecule has 150 valence electrons. The van der Waals surface area contributed by atoms with Crippen molar-refractivity contribution >= 4 is 15.7 Å². The quantitative estimate of drug-likeness (QED) is 0.463. The van der Waals surface area contributed by atoms with Crippen LogP contribution in [0.3, 0.4) is 0 Å². The standard InChI is InChI=1S/C19H16FN3O5S/c1-13-5-7-17(10-18(13)23(24)25)29(26,27)22-12-14-6-8-19(21-11-14)28-16-4-2-3-15(20)9-16/h2-11,22H,12H2,1H3. The highest BCUT2D eigenvalue weighted by atomic mass is 32.2. The van der Waals surface area contributed by atoms with Crippen molar-refractivity contribution in [2.75, 3.05) is 0 Å². The zero-order chi connectivity index (χ0) is 21.0. The molecule has 0 aliphatic heterocycles. The highest BCUT2D eigenvalue weighted by Gasteiger charge is 2.19. The maximum atomic E-state index is 13.2. The van der Waals surface area contributed by atoms with Crippen molar-refractivity contribution in [3.63, 3.8) is 0 Å². The van der Waals surface area contributed by atoms with Crippen molar-refractivity contribution in [3.05, 3.63) is 87.9 Å². The fourth-order valence-electron chi connectivity index (χ4n) is 2.44. The molecule has 1 N–H and O–H groups in total. The summed E-state index contributed by atoms with van der Waals surface area (Å²) in [4.78, 5) is 14.2. The molecule has 1 heterocycles. The average Bonchev–Trinajstić information content (AvgIpc) is 2.67. The van der Waals surface area contributed by atoms with Crippen LogP contribution in [0.25, 0.3) is 0 Å². The zero-order valence-electron chi connectivity index (χ0n) is 15.2. The summed E-state index contributed by atoms with van der Waals surface area (Å²) < 4.78 is 45.8. The van der Waals surface area contributed by atoms with E-state index in [-0.39, 0.29) is 28.8 Å². The molecular weight excluding hydrogens is 401 g/mol. The van der Waals surface area contributed by atoms with E-state index in [9.17, 15) is 22.9 Å². The van der Waals surface area contributed by atoms with Crippen molar-refractivity contribution < 1.29 is 22.5 Å². The molecular formula is C19H16FN3O5S. The van der Waals surface area contributed by atoms with Gasteiger partial charge in [-0.15, -0.1) is 0 Å². The molecule has 0 radical (unpaired) electrons. The number of hydrogen-bond acceptors (Lipinski definition) is 6. The molecule has 29 heavy (non-hydrogen) atoms. The second-order valence-corrected chi connectivity index (χ2v) is 7.86. The summed E-state index contributed by atoms with van der Waals surface area (Å²) in [5.41, 5.74) is 0.641. The Hall–Kier alpha value is -3.37. The summed E-state index contributed by atoms with van der Waals surface area (Å²) in [7, 11) is -3.95. The molecule has 0 bridgehead atoms. The molecule has 0 fully saturated rings. The lowest BCUT2D eigenvalue weighted by atomic mass is 10.2. The second-order valence-electron chi connectivity index (χ2n) is 6.09. The van der Waals surface area contributed by atoms with E-state index >= 15 is 0 Å². The van der Waals surface area contributed by atoms with Gasteiger partial charge in [-0.3, -0.25) is 10.1 Å². The SMILES string of the molecule is Cc1ccc(S(=O)(=O)NCc2ccc(Oc3cccc(F)c3)nc2)cc1[N+](=O)[O-]. The lowest BCUT2D eigenvalue weighted by molar-refractivity contribution is -0.385. The minimum Gasteiger partial charge on any atom is -0.439 e. The third kappa shape index (κ3) is 5.12. The Kier molecular flexibility index (Phi) is 5.85. The van der Waals surface area contributed by atoms with E-state index in [1.807, 2.05) is 0 Å². The second kappa shape index (κ2) is 8.33. The number of aromatic nitrogens is 1. The van der Waals surface area contributed by atoms with Crippen LogP contribution in [0.15, 0.2) is 65.7 Å². The van der Waals surface area contributed by atoms with E-state index in [0.29, 0.717) is 11.1 Å². The number of aryl methyl sites for hydroxylation is 1. The van der Waals surface area contributed by atoms with Gasteiger partial charge in [0.2, 0.25) is 15.9 Å². The lowest BCUT2D eigenvalue weighted by Crippen LogP contribution is -2.23. The number of halogens is 1. The molecule has 10 heteroatoms. The summed E-state index contributed by atoms with van der Waals surface area (Å²) in [6.07, 6.45) is 1.41. The van der Waals surface area contributed by atoms with Gasteiger partial charge in [0.05, 0.1) is 9.82 Å². The monoisotopic (exact) mass is 417 g/mol. The van der Waals surface area contributed by atoms with E-state index in [2.05, 4.69) is 9.71 Å². The molecule has 0 aliphatic carbocycles. The summed E-state index contributed by atoms with van der Waals surface area (Å²) in [5, 5.41) is 11.0. The molecule has 0 spiro atoms. The normalized spacial score (nSPS) is 11.2. The number of nitrogens with zero attached hydrogens (tertiary/aromatic N) is 2. The number of benzene rings is 2. The molecule has 3 aromatic rings. The van der Waals surface area contributed by atoms with Gasteiger partial charge in [-0.1, -0.05) is 18.2 Å². The van der Waals surface area contributed by atoms with Crippen LogP contribution in [0, 0.1) is 22.9 Å². The largest absolute Gasteiger partial charge is 0.439 e. The maximum absolute atomic E-state index is 13.2. The number of sulfonamides is 1. The first-order valence-electron chi connectivity index (χ1n) is 8.38. The Morgan fingerprint density at radius 3 is 2.62 bits per heavy atom. The van der Waals surface area contributed by atoms with Gasteiger partial charge in [-0.25, -0.2) is 22.5 Å². The third-order valence-corrected chi connectivity index (χ3v) is 5.37. The van der Waals surface area contributed by atoms with Crippen molar-refractivity contribution in [1.82, 2.24) is 9.71 Å². The number of hydrogen-bond donors (Lipinski definition) is 1. The van der Waals surface area contributed by atoms with E-state index in [1.54, 1.807) is 12.1 Å². The van der Waals surface area contributed by atoms with E-state index in [0.717, 1.165) is 6.07 Å². The van der Waals surface area contributed by atoms with Crippen molar-refractivity contribution in [2.24, 2.45) is 0 Å². The summed E-state index contributed by atoms with van der Waals surface area (Å²) in [6, 6.07) is 12.4. The van der Waals surface area contributed by atoms with Gasteiger partial charge in [0.25, 0.3) is 5.69 Å². The van der Waals surface area contributed by atoms with Crippen LogP contribution in [-0.4, -0.2) is 18.3 Å². The van der Waals surface area contributed by atoms with E-state index < -0.39 is 20.8 Å². The summed E-state index contributed by atoms with van der Waals surface area (Å²) >= 11 is 0. The zero-order valence-corrected chi connectivity index (χ0v) is 16.0. The van der Waals surface area contributed by atoms with E-state index in [1.165, 1.54) is 49.5 Å². The predicted molar refractivity (Wildman–Crippen MR) is 103 cm³/mol. The highest BCUT2D eigenvalue weighted by Crippen LogP contribution is 2.23. The van der Waals surface area contributed by atoms with Crippen LogP contribution < -0.4 is 9.46 Å². The number of nitrogens with one attached hydrogen (secondary N) is 1. The van der Waals surface area contributed by atoms with Crippen LogP contribution >= 0.6 is 0 Å². The lowest BCUT2D eigenvalue weighted by Gasteiger charge is -2.08. The molecule has 0 atom stereocenters. The summed E-state index contributed by atoms with van der Waals surface area (Å²) in [5.74, 6) is 0.0631. The van der Waals surface area contributed by atoms with Crippen molar-refractivity contribution in [3.8, 4) is 11.6 Å². The fourth-order valence-corrected chi connectivity index (χ4v) is 3.48. The van der Waals surface area contributed by atoms with Crippen molar-refractivity contribution in [2.45, 2.75) is 18.4 Å². The van der Waals surface area contributed by atoms with Gasteiger partial charge < -0.3 is 4.74 Å². The Morgan fingerprint density at radius 1 is 1.17 bits per heavy atom. The first-order valence-corrected chi connectivity index (χ1v) is 9.86. The molecule has 0 saturated heterocycles. The van der Waals surface area contributed by atoms with Gasteiger partial charge in [-0.2, -0.15) is 0 Å². The molecule has 8 nitrogen and oxygen atoms in total. The number of ether oxygens (including phenoxy) is 1. The van der Waals surface area contributed by atoms with Crippen LogP contribution in [0.5, 0.6) is 11.6 Å². The Balaban J connectivity index is 1.68. The van der Waals surface area contributed by atoms with E-state index in [4.69, 9.17) is 4.74 Å². The number of pyridine rings is 1. The molecule has 1 aromatic heterocycles. The number of nitro benzene ring substituents is 1. The molecule has 2 aromatic carbocycles. The van der Waals surface area contributed by atoms with Crippen LogP contribution in [0.4, 0.5) is 10.1 Å². The Labute approximate surface area is 166 Å². The maximum Gasteiger partial charge on any atom is 0.273 e. The Bertz CT molecular complexity index is 1150. The Morgan fingerprint density at radius 2 is 1.97 bits per heavy atom. The third-order valence-electron chi connectivity index (χ3n) is 3.97. The van der Waals surface area contributed by atoms with Gasteiger partial charge in [-0.05, 0) is 30.7 Å². The summed E-state index contributed by atoms with van der Waals surface area (Å²) in [6.45, 7) is 1.46. The molecule has 0 saturated carbocycles. The smallest absolute Gasteiger partial charge is 0.273 e. The van der Waals surface area contributed by atoms with Gasteiger partial charge in [0.15, 0.2) is 0 Å². The molecule has 3 rings (SSSR count). The molecule has 0 aliphatic rings. The fraction of sp³-hybridized carbons (Fsp3) is 0.105. The first-order chi connectivity index (χ1) is 13.7. The molecule has 0 amide bonds. The minimum absolute atomic E-state index is 0.0722. The number of rotatable bonds is 7. The van der Waals surface area contributed by atoms with Crippen LogP contribution in [0.2, 0.25) is 0 Å². The molecule has 0 unspecified atom stereocenters.